The first-order chi connectivity index (χ1) is 12.5. The van der Waals surface area contributed by atoms with Crippen LogP contribution >= 0.6 is 23.5 Å². The van der Waals surface area contributed by atoms with Crippen molar-refractivity contribution >= 4 is 43.8 Å². The molecule has 3 aliphatic rings. The van der Waals surface area contributed by atoms with Crippen LogP contribution in [0, 0.1) is 16.7 Å². The highest BCUT2D eigenvalue weighted by Crippen LogP contribution is 2.70. The molecule has 1 saturated heterocycles. The molecule has 2 aliphatic carbocycles. The highest BCUT2D eigenvalue weighted by atomic mass is 32.2. The molecule has 1 aliphatic heterocycles. The molecule has 5 nitrogen and oxygen atoms in total. The summed E-state index contributed by atoms with van der Waals surface area (Å²) >= 11 is 2.77. The maximum atomic E-state index is 13.5. The minimum atomic E-state index is -3.73. The summed E-state index contributed by atoms with van der Waals surface area (Å²) in [5.74, 6) is -0.185. The Labute approximate surface area is 167 Å². The van der Waals surface area contributed by atoms with Gasteiger partial charge in [0.2, 0.25) is 10.0 Å². The molecule has 0 aromatic rings. The van der Waals surface area contributed by atoms with Crippen LogP contribution in [0.1, 0.15) is 54.2 Å². The SMILES string of the molecule is [2H][C@](CCC)(N=C(SC)SC)C(=O)N1C2CC3CCC2(CS1(=O)=O)C3(C)C. The number of amides is 1. The van der Waals surface area contributed by atoms with Gasteiger partial charge in [-0.15, -0.1) is 23.5 Å². The summed E-state index contributed by atoms with van der Waals surface area (Å²) in [5, 5.41) is 0. The smallest absolute Gasteiger partial charge is 0.261 e. The number of rotatable bonds is 4. The molecule has 26 heavy (non-hydrogen) atoms. The Kier molecular flexibility index (Phi) is 5.14. The third-order valence-corrected chi connectivity index (χ3v) is 10.7. The summed E-state index contributed by atoms with van der Waals surface area (Å²) in [6, 6.07) is -2.09. The molecule has 8 heteroatoms. The topological polar surface area (TPSA) is 66.8 Å². The van der Waals surface area contributed by atoms with E-state index >= 15 is 0 Å². The van der Waals surface area contributed by atoms with E-state index in [1.54, 1.807) is 0 Å². The Bertz CT molecular complexity index is 764. The van der Waals surface area contributed by atoms with Gasteiger partial charge in [0.05, 0.1) is 13.2 Å². The van der Waals surface area contributed by atoms with E-state index in [9.17, 15) is 13.2 Å². The lowest BCUT2D eigenvalue weighted by Crippen LogP contribution is -2.47. The van der Waals surface area contributed by atoms with Crippen molar-refractivity contribution in [1.82, 2.24) is 4.31 Å². The van der Waals surface area contributed by atoms with Crippen molar-refractivity contribution in [3.05, 3.63) is 0 Å². The van der Waals surface area contributed by atoms with Gasteiger partial charge in [-0.2, -0.15) is 0 Å². The Morgan fingerprint density at radius 2 is 2.04 bits per heavy atom. The van der Waals surface area contributed by atoms with Gasteiger partial charge in [-0.05, 0) is 49.5 Å². The molecular weight excluding hydrogens is 388 g/mol. The van der Waals surface area contributed by atoms with E-state index in [1.165, 1.54) is 23.5 Å². The molecule has 0 N–H and O–H groups in total. The average molecular weight is 420 g/mol. The zero-order chi connectivity index (χ0) is 20.3. The fourth-order valence-electron chi connectivity index (χ4n) is 5.42. The van der Waals surface area contributed by atoms with E-state index in [2.05, 4.69) is 18.8 Å². The summed E-state index contributed by atoms with van der Waals surface area (Å²) in [5.41, 5.74) is -0.465. The van der Waals surface area contributed by atoms with Crippen LogP contribution in [0.3, 0.4) is 0 Å². The summed E-state index contributed by atoms with van der Waals surface area (Å²) in [7, 11) is -3.73. The highest BCUT2D eigenvalue weighted by molar-refractivity contribution is 8.38. The van der Waals surface area contributed by atoms with Crippen molar-refractivity contribution in [3.8, 4) is 0 Å². The second-order valence-electron chi connectivity index (χ2n) is 8.20. The number of fused-ring (bicyclic) bond motifs is 1. The molecule has 1 amide bonds. The van der Waals surface area contributed by atoms with E-state index < -0.39 is 21.9 Å². The molecule has 0 radical (unpaired) electrons. The minimum absolute atomic E-state index is 0.0315. The lowest BCUT2D eigenvalue weighted by Gasteiger charge is -2.37. The third kappa shape index (κ3) is 2.85. The monoisotopic (exact) mass is 419 g/mol. The van der Waals surface area contributed by atoms with Gasteiger partial charge >= 0.3 is 0 Å². The van der Waals surface area contributed by atoms with E-state index in [-0.39, 0.29) is 29.0 Å². The predicted octanol–water partition coefficient (Wildman–Crippen LogP) is 3.60. The molecule has 2 saturated carbocycles. The van der Waals surface area contributed by atoms with Crippen molar-refractivity contribution in [3.63, 3.8) is 0 Å². The lowest BCUT2D eigenvalue weighted by atomic mass is 9.69. The second-order valence-corrected chi connectivity index (χ2v) is 11.9. The fraction of sp³-hybridized carbons (Fsp3) is 0.889. The van der Waals surface area contributed by atoms with Crippen LogP contribution in [0.5, 0.6) is 0 Å². The Morgan fingerprint density at radius 1 is 1.38 bits per heavy atom. The van der Waals surface area contributed by atoms with Gasteiger partial charge < -0.3 is 0 Å². The number of hydrogen-bond donors (Lipinski definition) is 0. The maximum absolute atomic E-state index is 13.5. The fourth-order valence-corrected chi connectivity index (χ4v) is 9.02. The van der Waals surface area contributed by atoms with Crippen LogP contribution in [-0.2, 0) is 14.8 Å². The second kappa shape index (κ2) is 6.99. The van der Waals surface area contributed by atoms with Gasteiger partial charge in [0, 0.05) is 5.41 Å². The molecule has 3 rings (SSSR count). The van der Waals surface area contributed by atoms with Gasteiger partial charge in [-0.1, -0.05) is 27.2 Å². The van der Waals surface area contributed by atoms with Crippen LogP contribution in [0.15, 0.2) is 4.99 Å². The lowest BCUT2D eigenvalue weighted by molar-refractivity contribution is -0.130. The molecule has 148 valence electrons. The van der Waals surface area contributed by atoms with E-state index in [1.807, 2.05) is 19.4 Å². The first kappa shape index (κ1) is 19.1. The molecular formula is C18H30N2O3S3. The Morgan fingerprint density at radius 3 is 2.58 bits per heavy atom. The Balaban J connectivity index is 2.04. The number of sulfonamides is 1. The normalized spacial score (nSPS) is 36.3. The predicted molar refractivity (Wildman–Crippen MR) is 111 cm³/mol. The summed E-state index contributed by atoms with van der Waals surface area (Å²) in [6.07, 6.45) is 7.12. The van der Waals surface area contributed by atoms with E-state index in [0.717, 1.165) is 23.6 Å². The average Bonchev–Trinajstić information content (AvgIpc) is 3.06. The third-order valence-electron chi connectivity index (χ3n) is 6.92. The van der Waals surface area contributed by atoms with Gasteiger partial charge in [0.15, 0.2) is 0 Å². The van der Waals surface area contributed by atoms with Gasteiger partial charge in [0.25, 0.3) is 5.91 Å². The Hall–Kier alpha value is -0.210. The number of carbonyl (C=O) groups is 1. The number of thioether (sulfide) groups is 2. The number of carbonyl (C=O) groups excluding carboxylic acids is 1. The molecule has 0 aromatic heterocycles. The number of aliphatic imine (C=N–C) groups is 1. The maximum Gasteiger partial charge on any atom is 0.261 e. The molecule has 1 spiro atoms. The van der Waals surface area contributed by atoms with Crippen molar-refractivity contribution in [2.45, 2.75) is 64.9 Å². The van der Waals surface area contributed by atoms with E-state index in [4.69, 9.17) is 1.37 Å². The quantitative estimate of drug-likeness (QED) is 0.514. The first-order valence-electron chi connectivity index (χ1n) is 9.73. The van der Waals surface area contributed by atoms with Crippen LogP contribution < -0.4 is 0 Å². The van der Waals surface area contributed by atoms with Crippen molar-refractivity contribution in [1.29, 1.82) is 0 Å². The zero-order valence-electron chi connectivity index (χ0n) is 17.2. The van der Waals surface area contributed by atoms with Crippen molar-refractivity contribution in [2.75, 3.05) is 18.3 Å². The number of nitrogens with zero attached hydrogens (tertiary/aromatic N) is 2. The zero-order valence-corrected chi connectivity index (χ0v) is 18.7. The highest BCUT2D eigenvalue weighted by Gasteiger charge is 2.72. The molecule has 4 atom stereocenters. The summed E-state index contributed by atoms with van der Waals surface area (Å²) in [4.78, 5) is 17.9. The van der Waals surface area contributed by atoms with Crippen LogP contribution in [-0.4, -0.2) is 53.3 Å². The minimum Gasteiger partial charge on any atom is -0.271 e. The first-order valence-corrected chi connectivity index (χ1v) is 13.3. The van der Waals surface area contributed by atoms with Crippen LogP contribution in [0.25, 0.3) is 0 Å². The summed E-state index contributed by atoms with van der Waals surface area (Å²) < 4.78 is 36.8. The van der Waals surface area contributed by atoms with Crippen LogP contribution in [0.2, 0.25) is 0 Å². The van der Waals surface area contributed by atoms with Gasteiger partial charge in [-0.25, -0.2) is 12.7 Å². The summed E-state index contributed by atoms with van der Waals surface area (Å²) in [6.45, 7) is 6.21. The molecule has 0 aromatic carbocycles. The molecule has 1 heterocycles. The largest absolute Gasteiger partial charge is 0.271 e. The van der Waals surface area contributed by atoms with Crippen molar-refractivity contribution in [2.24, 2.45) is 21.7 Å². The van der Waals surface area contributed by atoms with Gasteiger partial charge in [-0.3, -0.25) is 9.79 Å². The standard InChI is InChI=1S/C18H30N2O3S3/c1-6-7-13(19-16(24-4)25-5)15(21)20-14-10-12-8-9-18(14,17(12,2)3)11-26(20,22)23/h12-14H,6-11H2,1-5H3/t12?,13-,14?,18?/m1/s1/i13D. The molecule has 3 unspecified atom stereocenters. The van der Waals surface area contributed by atoms with Gasteiger partial charge in [0.1, 0.15) is 10.4 Å². The van der Waals surface area contributed by atoms with Crippen molar-refractivity contribution < 1.29 is 14.6 Å². The van der Waals surface area contributed by atoms with Crippen LogP contribution in [0.4, 0.5) is 0 Å². The molecule has 2 bridgehead atoms. The molecule has 3 fully saturated rings. The van der Waals surface area contributed by atoms with E-state index in [0.29, 0.717) is 16.7 Å². The number of hydrogen-bond acceptors (Lipinski definition) is 6.